The van der Waals surface area contributed by atoms with Crippen LogP contribution in [0.15, 0.2) is 0 Å². The smallest absolute Gasteiger partial charge is 0.315 e. The highest BCUT2D eigenvalue weighted by Gasteiger charge is 2.21. The zero-order valence-electron chi connectivity index (χ0n) is 11.4. The molecule has 0 aromatic heterocycles. The number of urea groups is 1. The van der Waals surface area contributed by atoms with Gasteiger partial charge in [-0.25, -0.2) is 4.79 Å². The first kappa shape index (κ1) is 15.8. The Morgan fingerprint density at radius 3 is 2.42 bits per heavy atom. The Kier molecular flexibility index (Phi) is 6.62. The fraction of sp³-hybridized carbons (Fsp3) is 0.846. The van der Waals surface area contributed by atoms with Gasteiger partial charge in [0.05, 0.1) is 0 Å². The fourth-order valence-electron chi connectivity index (χ4n) is 2.36. The molecular formula is C13H24N2O4. The third kappa shape index (κ3) is 6.42. The summed E-state index contributed by atoms with van der Waals surface area (Å²) in [4.78, 5) is 22.1. The molecule has 0 spiro atoms. The first-order valence-corrected chi connectivity index (χ1v) is 6.88. The molecule has 0 aromatic carbocycles. The van der Waals surface area contributed by atoms with Crippen LogP contribution in [0.3, 0.4) is 0 Å². The summed E-state index contributed by atoms with van der Waals surface area (Å²) in [5.74, 6) is -0.554. The number of aliphatic carboxylic acids is 1. The maximum Gasteiger partial charge on any atom is 0.315 e. The molecule has 1 unspecified atom stereocenters. The van der Waals surface area contributed by atoms with Gasteiger partial charge in [0.1, 0.15) is 0 Å². The molecule has 0 heterocycles. The SMILES string of the molecule is CC(CNC(=O)NC1CCC(CO)CC1)CC(=O)O. The van der Waals surface area contributed by atoms with Crippen molar-refractivity contribution < 1.29 is 19.8 Å². The van der Waals surface area contributed by atoms with E-state index in [0.29, 0.717) is 12.5 Å². The lowest BCUT2D eigenvalue weighted by Gasteiger charge is -2.28. The number of rotatable bonds is 6. The summed E-state index contributed by atoms with van der Waals surface area (Å²) in [6, 6.07) is -0.0673. The standard InChI is InChI=1S/C13H24N2O4/c1-9(6-12(17)18)7-14-13(19)15-11-4-2-10(8-16)3-5-11/h9-11,16H,2-8H2,1H3,(H,17,18)(H2,14,15,19). The molecule has 0 saturated heterocycles. The van der Waals surface area contributed by atoms with E-state index in [4.69, 9.17) is 10.2 Å². The Labute approximate surface area is 113 Å². The van der Waals surface area contributed by atoms with E-state index in [1.54, 1.807) is 6.92 Å². The van der Waals surface area contributed by atoms with Crippen molar-refractivity contribution in [2.75, 3.05) is 13.2 Å². The highest BCUT2D eigenvalue weighted by atomic mass is 16.4. The minimum atomic E-state index is -0.850. The Morgan fingerprint density at radius 1 is 1.26 bits per heavy atom. The molecule has 0 radical (unpaired) electrons. The van der Waals surface area contributed by atoms with E-state index in [0.717, 1.165) is 25.7 Å². The molecule has 19 heavy (non-hydrogen) atoms. The summed E-state index contributed by atoms with van der Waals surface area (Å²) in [5.41, 5.74) is 0. The van der Waals surface area contributed by atoms with Crippen molar-refractivity contribution in [2.24, 2.45) is 11.8 Å². The average Bonchev–Trinajstić information content (AvgIpc) is 2.36. The summed E-state index contributed by atoms with van der Waals surface area (Å²) in [7, 11) is 0. The van der Waals surface area contributed by atoms with Crippen LogP contribution in [0.1, 0.15) is 39.0 Å². The van der Waals surface area contributed by atoms with Gasteiger partial charge in [-0.3, -0.25) is 4.79 Å². The van der Waals surface area contributed by atoms with Crippen molar-refractivity contribution in [3.63, 3.8) is 0 Å². The van der Waals surface area contributed by atoms with Gasteiger partial charge in [-0.05, 0) is 37.5 Å². The lowest BCUT2D eigenvalue weighted by molar-refractivity contribution is -0.137. The van der Waals surface area contributed by atoms with Crippen molar-refractivity contribution in [2.45, 2.75) is 45.1 Å². The second-order valence-corrected chi connectivity index (χ2v) is 5.46. The van der Waals surface area contributed by atoms with Gasteiger partial charge >= 0.3 is 12.0 Å². The lowest BCUT2D eigenvalue weighted by atomic mass is 9.87. The average molecular weight is 272 g/mol. The number of carboxylic acid groups (broad SMARTS) is 1. The van der Waals surface area contributed by atoms with Crippen LogP contribution in [0.5, 0.6) is 0 Å². The van der Waals surface area contributed by atoms with Gasteiger partial charge in [-0.15, -0.1) is 0 Å². The van der Waals surface area contributed by atoms with Crippen LogP contribution >= 0.6 is 0 Å². The van der Waals surface area contributed by atoms with Gasteiger partial charge in [-0.1, -0.05) is 6.92 Å². The van der Waals surface area contributed by atoms with Gasteiger partial charge < -0.3 is 20.8 Å². The maximum atomic E-state index is 11.6. The number of hydrogen-bond acceptors (Lipinski definition) is 3. The van der Waals surface area contributed by atoms with E-state index < -0.39 is 5.97 Å². The Bertz CT molecular complexity index is 301. The van der Waals surface area contributed by atoms with Gasteiger partial charge in [0.15, 0.2) is 0 Å². The van der Waals surface area contributed by atoms with Crippen molar-refractivity contribution in [3.05, 3.63) is 0 Å². The summed E-state index contributed by atoms with van der Waals surface area (Å²) in [5, 5.41) is 23.2. The molecule has 0 aliphatic heterocycles. The number of carboxylic acids is 1. The van der Waals surface area contributed by atoms with Gasteiger partial charge in [-0.2, -0.15) is 0 Å². The van der Waals surface area contributed by atoms with Crippen molar-refractivity contribution in [3.8, 4) is 0 Å². The van der Waals surface area contributed by atoms with Crippen LogP contribution in [0.4, 0.5) is 4.79 Å². The normalized spacial score (nSPS) is 24.5. The number of carbonyl (C=O) groups is 2. The number of carbonyl (C=O) groups excluding carboxylic acids is 1. The van der Waals surface area contributed by atoms with Gasteiger partial charge in [0, 0.05) is 25.6 Å². The van der Waals surface area contributed by atoms with Crippen LogP contribution in [-0.4, -0.2) is 41.4 Å². The number of aliphatic hydroxyl groups excluding tert-OH is 1. The molecule has 1 saturated carbocycles. The minimum absolute atomic E-state index is 0.0574. The molecule has 4 N–H and O–H groups in total. The van der Waals surface area contributed by atoms with Crippen LogP contribution in [0.25, 0.3) is 0 Å². The second-order valence-electron chi connectivity index (χ2n) is 5.46. The van der Waals surface area contributed by atoms with Crippen molar-refractivity contribution >= 4 is 12.0 Å². The largest absolute Gasteiger partial charge is 0.481 e. The Hall–Kier alpha value is -1.30. The maximum absolute atomic E-state index is 11.6. The van der Waals surface area contributed by atoms with Gasteiger partial charge in [0.25, 0.3) is 0 Å². The highest BCUT2D eigenvalue weighted by molar-refractivity contribution is 5.74. The molecule has 0 bridgehead atoms. The molecule has 1 atom stereocenters. The molecular weight excluding hydrogens is 248 g/mol. The van der Waals surface area contributed by atoms with E-state index in [9.17, 15) is 9.59 Å². The predicted octanol–water partition coefficient (Wildman–Crippen LogP) is 0.947. The summed E-state index contributed by atoms with van der Waals surface area (Å²) in [6.07, 6.45) is 3.72. The van der Waals surface area contributed by atoms with Gasteiger partial charge in [0.2, 0.25) is 0 Å². The number of amides is 2. The molecule has 1 rings (SSSR count). The van der Waals surface area contributed by atoms with E-state index in [1.165, 1.54) is 0 Å². The topological polar surface area (TPSA) is 98.7 Å². The zero-order valence-corrected chi connectivity index (χ0v) is 11.4. The lowest BCUT2D eigenvalue weighted by Crippen LogP contribution is -2.45. The van der Waals surface area contributed by atoms with E-state index >= 15 is 0 Å². The van der Waals surface area contributed by atoms with Crippen LogP contribution in [-0.2, 0) is 4.79 Å². The number of nitrogens with one attached hydrogen (secondary N) is 2. The summed E-state index contributed by atoms with van der Waals surface area (Å²) < 4.78 is 0. The second kappa shape index (κ2) is 7.99. The molecule has 0 aromatic rings. The van der Waals surface area contributed by atoms with Crippen LogP contribution < -0.4 is 10.6 Å². The fourth-order valence-corrected chi connectivity index (χ4v) is 2.36. The van der Waals surface area contributed by atoms with E-state index in [-0.39, 0.29) is 31.0 Å². The third-order valence-electron chi connectivity index (χ3n) is 3.57. The molecule has 6 nitrogen and oxygen atoms in total. The summed E-state index contributed by atoms with van der Waals surface area (Å²) >= 11 is 0. The Balaban J connectivity index is 2.16. The molecule has 1 aliphatic carbocycles. The third-order valence-corrected chi connectivity index (χ3v) is 3.57. The van der Waals surface area contributed by atoms with Crippen molar-refractivity contribution in [1.29, 1.82) is 0 Å². The molecule has 1 fully saturated rings. The van der Waals surface area contributed by atoms with Crippen LogP contribution in [0, 0.1) is 11.8 Å². The Morgan fingerprint density at radius 2 is 1.89 bits per heavy atom. The molecule has 6 heteroatoms. The molecule has 2 amide bonds. The number of hydrogen-bond donors (Lipinski definition) is 4. The van der Waals surface area contributed by atoms with E-state index in [2.05, 4.69) is 10.6 Å². The first-order valence-electron chi connectivity index (χ1n) is 6.88. The predicted molar refractivity (Wildman–Crippen MR) is 70.8 cm³/mol. The monoisotopic (exact) mass is 272 g/mol. The van der Waals surface area contributed by atoms with Crippen molar-refractivity contribution in [1.82, 2.24) is 10.6 Å². The quantitative estimate of drug-likeness (QED) is 0.578. The molecule has 110 valence electrons. The molecule has 1 aliphatic rings. The minimum Gasteiger partial charge on any atom is -0.481 e. The summed E-state index contributed by atoms with van der Waals surface area (Å²) in [6.45, 7) is 2.39. The highest BCUT2D eigenvalue weighted by Crippen LogP contribution is 2.23. The van der Waals surface area contributed by atoms with Crippen LogP contribution in [0.2, 0.25) is 0 Å². The number of aliphatic hydroxyl groups is 1. The zero-order chi connectivity index (χ0) is 14.3. The first-order chi connectivity index (χ1) is 9.01. The van der Waals surface area contributed by atoms with E-state index in [1.807, 2.05) is 0 Å².